The van der Waals surface area contributed by atoms with Crippen LogP contribution in [0.5, 0.6) is 0 Å². The fourth-order valence-corrected chi connectivity index (χ4v) is 3.16. The van der Waals surface area contributed by atoms with Crippen LogP contribution in [-0.2, 0) is 17.9 Å². The fourth-order valence-electron chi connectivity index (χ4n) is 2.75. The van der Waals surface area contributed by atoms with Crippen LogP contribution in [0.2, 0.25) is 0 Å². The third-order valence-corrected chi connectivity index (χ3v) is 4.86. The summed E-state index contributed by atoms with van der Waals surface area (Å²) in [5.41, 5.74) is 2.12. The molecule has 2 heterocycles. The number of carboxylic acids is 1. The van der Waals surface area contributed by atoms with Gasteiger partial charge in [-0.2, -0.15) is 5.10 Å². The van der Waals surface area contributed by atoms with E-state index >= 15 is 0 Å². The van der Waals surface area contributed by atoms with Crippen molar-refractivity contribution >= 4 is 21.9 Å². The number of nitrogens with zero attached hydrogens (tertiary/aromatic N) is 3. The van der Waals surface area contributed by atoms with Gasteiger partial charge < -0.3 is 5.11 Å². The van der Waals surface area contributed by atoms with E-state index in [0.717, 1.165) is 35.5 Å². The molecule has 1 fully saturated rings. The Labute approximate surface area is 121 Å². The summed E-state index contributed by atoms with van der Waals surface area (Å²) in [6, 6.07) is 0. The first kappa shape index (κ1) is 14.5. The first-order valence-electron chi connectivity index (χ1n) is 6.61. The second-order valence-electron chi connectivity index (χ2n) is 5.28. The molecule has 1 N–H and O–H groups in total. The third-order valence-electron chi connectivity index (χ3n) is 3.83. The van der Waals surface area contributed by atoms with Crippen molar-refractivity contribution in [3.05, 3.63) is 15.9 Å². The van der Waals surface area contributed by atoms with Crippen LogP contribution < -0.4 is 0 Å². The lowest BCUT2D eigenvalue weighted by atomic mass is 9.99. The molecule has 0 spiro atoms. The van der Waals surface area contributed by atoms with Crippen LogP contribution in [0.15, 0.2) is 4.47 Å². The lowest BCUT2D eigenvalue weighted by Crippen LogP contribution is -2.24. The Morgan fingerprint density at radius 1 is 1.53 bits per heavy atom. The fraction of sp³-hybridized carbons (Fsp3) is 0.692. The Hall–Kier alpha value is -0.880. The lowest BCUT2D eigenvalue weighted by Gasteiger charge is -2.16. The first-order chi connectivity index (χ1) is 8.93. The van der Waals surface area contributed by atoms with Crippen molar-refractivity contribution < 1.29 is 9.90 Å². The van der Waals surface area contributed by atoms with Gasteiger partial charge in [-0.25, -0.2) is 0 Å². The molecule has 0 aliphatic carbocycles. The number of rotatable bonds is 4. The van der Waals surface area contributed by atoms with Crippen LogP contribution in [0.3, 0.4) is 0 Å². The minimum atomic E-state index is -0.686. The maximum absolute atomic E-state index is 11.2. The predicted molar refractivity (Wildman–Crippen MR) is 75.9 cm³/mol. The van der Waals surface area contributed by atoms with E-state index in [1.54, 1.807) is 0 Å². The topological polar surface area (TPSA) is 58.4 Å². The molecule has 1 aliphatic heterocycles. The summed E-state index contributed by atoms with van der Waals surface area (Å²) in [7, 11) is 0. The van der Waals surface area contributed by atoms with Crippen molar-refractivity contribution in [1.29, 1.82) is 0 Å². The summed E-state index contributed by atoms with van der Waals surface area (Å²) >= 11 is 3.58. The van der Waals surface area contributed by atoms with Gasteiger partial charge in [0.05, 0.1) is 21.8 Å². The molecule has 1 aromatic rings. The second kappa shape index (κ2) is 5.63. The first-order valence-corrected chi connectivity index (χ1v) is 7.40. The smallest absolute Gasteiger partial charge is 0.308 e. The highest BCUT2D eigenvalue weighted by Gasteiger charge is 2.35. The van der Waals surface area contributed by atoms with E-state index in [-0.39, 0.29) is 11.8 Å². The van der Waals surface area contributed by atoms with E-state index < -0.39 is 5.97 Å². The highest BCUT2D eigenvalue weighted by atomic mass is 79.9. The molecule has 2 atom stereocenters. The van der Waals surface area contributed by atoms with Gasteiger partial charge >= 0.3 is 5.97 Å². The number of aryl methyl sites for hydroxylation is 2. The monoisotopic (exact) mass is 329 g/mol. The summed E-state index contributed by atoms with van der Waals surface area (Å²) in [6.45, 7) is 9.09. The molecule has 0 aromatic carbocycles. The molecule has 1 saturated heterocycles. The van der Waals surface area contributed by atoms with Gasteiger partial charge in [-0.3, -0.25) is 14.4 Å². The Bertz CT molecular complexity index is 486. The highest BCUT2D eigenvalue weighted by molar-refractivity contribution is 9.10. The SMILES string of the molecule is CCn1nc(C)c(Br)c1CN1C[C@@H](C)[C@H](C(=O)O)C1. The van der Waals surface area contributed by atoms with Crippen molar-refractivity contribution in [2.45, 2.75) is 33.9 Å². The van der Waals surface area contributed by atoms with Crippen LogP contribution >= 0.6 is 15.9 Å². The maximum atomic E-state index is 11.2. The van der Waals surface area contributed by atoms with E-state index in [0.29, 0.717) is 6.54 Å². The minimum Gasteiger partial charge on any atom is -0.481 e. The number of likely N-dealkylation sites (tertiary alicyclic amines) is 1. The van der Waals surface area contributed by atoms with Crippen LogP contribution in [0.4, 0.5) is 0 Å². The molecule has 0 radical (unpaired) electrons. The van der Waals surface area contributed by atoms with Gasteiger partial charge in [0.15, 0.2) is 0 Å². The molecule has 0 bridgehead atoms. The summed E-state index contributed by atoms with van der Waals surface area (Å²) < 4.78 is 3.03. The Kier molecular flexibility index (Phi) is 4.30. The zero-order chi connectivity index (χ0) is 14.2. The zero-order valence-electron chi connectivity index (χ0n) is 11.6. The minimum absolute atomic E-state index is 0.204. The number of hydrogen-bond donors (Lipinski definition) is 1. The van der Waals surface area contributed by atoms with Crippen molar-refractivity contribution in [3.63, 3.8) is 0 Å². The number of carboxylic acid groups (broad SMARTS) is 1. The van der Waals surface area contributed by atoms with Crippen LogP contribution in [0, 0.1) is 18.8 Å². The summed E-state index contributed by atoms with van der Waals surface area (Å²) in [5.74, 6) is -0.734. The maximum Gasteiger partial charge on any atom is 0.308 e. The molecular formula is C13H20BrN3O2. The summed E-state index contributed by atoms with van der Waals surface area (Å²) in [5, 5.41) is 13.6. The summed E-state index contributed by atoms with van der Waals surface area (Å²) in [6.07, 6.45) is 0. The molecule has 0 saturated carbocycles. The van der Waals surface area contributed by atoms with Gasteiger partial charge in [0, 0.05) is 26.2 Å². The zero-order valence-corrected chi connectivity index (χ0v) is 13.1. The van der Waals surface area contributed by atoms with Crippen LogP contribution in [0.1, 0.15) is 25.2 Å². The number of carbonyl (C=O) groups is 1. The lowest BCUT2D eigenvalue weighted by molar-refractivity contribution is -0.142. The predicted octanol–water partition coefficient (Wildman–Crippen LogP) is 2.13. The number of aromatic nitrogens is 2. The molecule has 2 rings (SSSR count). The van der Waals surface area contributed by atoms with Crippen molar-refractivity contribution in [1.82, 2.24) is 14.7 Å². The number of halogens is 1. The number of hydrogen-bond acceptors (Lipinski definition) is 3. The van der Waals surface area contributed by atoms with E-state index in [4.69, 9.17) is 0 Å². The van der Waals surface area contributed by atoms with Crippen molar-refractivity contribution in [3.8, 4) is 0 Å². The van der Waals surface area contributed by atoms with Gasteiger partial charge in [-0.05, 0) is 35.7 Å². The van der Waals surface area contributed by atoms with Gasteiger partial charge in [-0.1, -0.05) is 6.92 Å². The van der Waals surface area contributed by atoms with Crippen molar-refractivity contribution in [2.24, 2.45) is 11.8 Å². The second-order valence-corrected chi connectivity index (χ2v) is 6.07. The van der Waals surface area contributed by atoms with E-state index in [1.807, 2.05) is 18.5 Å². The normalized spacial score (nSPS) is 24.0. The average Bonchev–Trinajstić information content (AvgIpc) is 2.84. The van der Waals surface area contributed by atoms with Gasteiger partial charge in [0.1, 0.15) is 0 Å². The van der Waals surface area contributed by atoms with Gasteiger partial charge in [0.25, 0.3) is 0 Å². The van der Waals surface area contributed by atoms with Crippen LogP contribution in [0.25, 0.3) is 0 Å². The van der Waals surface area contributed by atoms with Gasteiger partial charge in [-0.15, -0.1) is 0 Å². The Morgan fingerprint density at radius 3 is 2.74 bits per heavy atom. The molecule has 0 unspecified atom stereocenters. The quantitative estimate of drug-likeness (QED) is 0.919. The standard InChI is InChI=1S/C13H20BrN3O2/c1-4-17-11(12(14)9(3)15-17)7-16-5-8(2)10(6-16)13(18)19/h8,10H,4-7H2,1-3H3,(H,18,19)/t8-,10-/m1/s1. The Balaban J connectivity index is 2.13. The molecular weight excluding hydrogens is 310 g/mol. The molecule has 1 aromatic heterocycles. The summed E-state index contributed by atoms with van der Waals surface area (Å²) in [4.78, 5) is 13.4. The number of aliphatic carboxylic acids is 1. The molecule has 106 valence electrons. The molecule has 1 aliphatic rings. The van der Waals surface area contributed by atoms with E-state index in [2.05, 4.69) is 32.9 Å². The molecule has 19 heavy (non-hydrogen) atoms. The average molecular weight is 330 g/mol. The van der Waals surface area contributed by atoms with E-state index in [1.165, 1.54) is 0 Å². The highest BCUT2D eigenvalue weighted by Crippen LogP contribution is 2.28. The third kappa shape index (κ3) is 2.84. The van der Waals surface area contributed by atoms with Crippen LogP contribution in [-0.4, -0.2) is 38.8 Å². The van der Waals surface area contributed by atoms with Gasteiger partial charge in [0.2, 0.25) is 0 Å². The van der Waals surface area contributed by atoms with E-state index in [9.17, 15) is 9.90 Å². The largest absolute Gasteiger partial charge is 0.481 e. The molecule has 0 amide bonds. The molecule has 5 nitrogen and oxygen atoms in total. The Morgan fingerprint density at radius 2 is 2.21 bits per heavy atom. The molecule has 6 heteroatoms. The van der Waals surface area contributed by atoms with Crippen molar-refractivity contribution in [2.75, 3.05) is 13.1 Å².